The van der Waals surface area contributed by atoms with E-state index in [2.05, 4.69) is 16.4 Å². The van der Waals surface area contributed by atoms with Crippen LogP contribution in [-0.2, 0) is 11.3 Å². The van der Waals surface area contributed by atoms with Gasteiger partial charge in [-0.3, -0.25) is 9.36 Å². The van der Waals surface area contributed by atoms with E-state index in [1.165, 1.54) is 4.57 Å². The Morgan fingerprint density at radius 3 is 2.63 bits per heavy atom. The zero-order valence-electron chi connectivity index (χ0n) is 17.2. The van der Waals surface area contributed by atoms with Gasteiger partial charge in [0.05, 0.1) is 33.1 Å². The van der Waals surface area contributed by atoms with Crippen molar-refractivity contribution in [2.24, 2.45) is 5.92 Å². The number of ether oxygens (including phenoxy) is 1. The Balaban J connectivity index is 2.12. The van der Waals surface area contributed by atoms with Crippen molar-refractivity contribution in [1.29, 1.82) is 5.26 Å². The van der Waals surface area contributed by atoms with E-state index in [1.54, 1.807) is 32.9 Å². The van der Waals surface area contributed by atoms with Crippen LogP contribution in [0.1, 0.15) is 58.3 Å². The highest BCUT2D eigenvalue weighted by Gasteiger charge is 2.37. The van der Waals surface area contributed by atoms with E-state index >= 15 is 0 Å². The average Bonchev–Trinajstić information content (AvgIpc) is 3.48. The lowest BCUT2D eigenvalue weighted by Crippen LogP contribution is -2.39. The van der Waals surface area contributed by atoms with Crippen LogP contribution in [0.4, 0.5) is 4.79 Å². The number of nitriles is 1. The number of rotatable bonds is 6. The molecule has 7 nitrogen and oxygen atoms in total. The predicted octanol–water partition coefficient (Wildman–Crippen LogP) is 4.98. The lowest BCUT2D eigenvalue weighted by molar-refractivity contribution is 0.0493. The fourth-order valence-corrected chi connectivity index (χ4v) is 3.73. The van der Waals surface area contributed by atoms with Gasteiger partial charge in [-0.2, -0.15) is 5.26 Å². The first-order valence-electron chi connectivity index (χ1n) is 9.87. The number of unbranched alkanes of at least 4 members (excludes halogenated alkanes) is 1. The van der Waals surface area contributed by atoms with Crippen molar-refractivity contribution in [3.05, 3.63) is 38.4 Å². The lowest BCUT2D eigenvalue weighted by atomic mass is 10.1. The number of carbonyl (C=O) groups excluding carboxylic acids is 1. The largest absolute Gasteiger partial charge is 0.444 e. The SMILES string of the molecule is CC(C)(C)OC(=O)NC(c1nc2c(Cl)ccc(Cl)c2c(=O)n1CCCC#N)C1CC1. The maximum Gasteiger partial charge on any atom is 0.408 e. The highest BCUT2D eigenvalue weighted by atomic mass is 35.5. The van der Waals surface area contributed by atoms with Gasteiger partial charge in [0.1, 0.15) is 11.4 Å². The van der Waals surface area contributed by atoms with Gasteiger partial charge in [-0.15, -0.1) is 0 Å². The molecular formula is C21H24Cl2N4O3. The van der Waals surface area contributed by atoms with Gasteiger partial charge in [-0.25, -0.2) is 9.78 Å². The topological polar surface area (TPSA) is 97.0 Å². The zero-order valence-corrected chi connectivity index (χ0v) is 18.7. The maximum atomic E-state index is 13.3. The summed E-state index contributed by atoms with van der Waals surface area (Å²) in [4.78, 5) is 30.5. The molecule has 1 unspecified atom stereocenters. The fourth-order valence-electron chi connectivity index (χ4n) is 3.29. The average molecular weight is 451 g/mol. The van der Waals surface area contributed by atoms with Gasteiger partial charge in [0.25, 0.3) is 5.56 Å². The molecule has 1 saturated carbocycles. The van der Waals surface area contributed by atoms with E-state index in [9.17, 15) is 9.59 Å². The van der Waals surface area contributed by atoms with E-state index in [1.807, 2.05) is 0 Å². The van der Waals surface area contributed by atoms with Crippen LogP contribution < -0.4 is 10.9 Å². The number of hydrogen-bond acceptors (Lipinski definition) is 5. The van der Waals surface area contributed by atoms with E-state index in [-0.39, 0.29) is 28.4 Å². The third kappa shape index (κ3) is 5.05. The Kier molecular flexibility index (Phi) is 6.59. The number of amides is 1. The molecule has 1 atom stereocenters. The lowest BCUT2D eigenvalue weighted by Gasteiger charge is -2.25. The van der Waals surface area contributed by atoms with Crippen LogP contribution in [-0.4, -0.2) is 21.2 Å². The Hall–Kier alpha value is -2.30. The van der Waals surface area contributed by atoms with Gasteiger partial charge in [-0.05, 0) is 58.1 Å². The molecule has 3 rings (SSSR count). The minimum atomic E-state index is -0.654. The summed E-state index contributed by atoms with van der Waals surface area (Å²) in [5.41, 5.74) is -0.687. The van der Waals surface area contributed by atoms with Crippen LogP contribution in [0.2, 0.25) is 10.0 Å². The maximum absolute atomic E-state index is 13.3. The Labute approximate surface area is 184 Å². The molecule has 1 fully saturated rings. The number of hydrogen-bond donors (Lipinski definition) is 1. The molecular weight excluding hydrogens is 427 g/mol. The summed E-state index contributed by atoms with van der Waals surface area (Å²) in [6, 6.07) is 4.73. The molecule has 160 valence electrons. The highest BCUT2D eigenvalue weighted by Crippen LogP contribution is 2.41. The van der Waals surface area contributed by atoms with E-state index in [0.29, 0.717) is 29.2 Å². The molecule has 1 heterocycles. The van der Waals surface area contributed by atoms with Crippen molar-refractivity contribution in [3.63, 3.8) is 0 Å². The number of halogens is 2. The molecule has 2 aromatic rings. The number of nitrogens with zero attached hydrogens (tertiary/aromatic N) is 3. The van der Waals surface area contributed by atoms with Crippen LogP contribution in [0.3, 0.4) is 0 Å². The fraction of sp³-hybridized carbons (Fsp3) is 0.524. The van der Waals surface area contributed by atoms with Crippen LogP contribution in [0, 0.1) is 17.2 Å². The minimum Gasteiger partial charge on any atom is -0.444 e. The second-order valence-corrected chi connectivity index (χ2v) is 9.22. The molecule has 1 aromatic heterocycles. The number of carbonyl (C=O) groups is 1. The summed E-state index contributed by atoms with van der Waals surface area (Å²) in [6.07, 6.45) is 1.99. The van der Waals surface area contributed by atoms with Crippen LogP contribution in [0.25, 0.3) is 10.9 Å². The van der Waals surface area contributed by atoms with Crippen LogP contribution in [0.15, 0.2) is 16.9 Å². The summed E-state index contributed by atoms with van der Waals surface area (Å²) in [6.45, 7) is 5.64. The zero-order chi connectivity index (χ0) is 22.1. The summed E-state index contributed by atoms with van der Waals surface area (Å²) < 4.78 is 6.91. The van der Waals surface area contributed by atoms with Crippen molar-refractivity contribution >= 4 is 40.2 Å². The van der Waals surface area contributed by atoms with Crippen molar-refractivity contribution in [3.8, 4) is 6.07 Å². The summed E-state index contributed by atoms with van der Waals surface area (Å²) in [5, 5.41) is 12.6. The van der Waals surface area contributed by atoms with Crippen LogP contribution >= 0.6 is 23.2 Å². The molecule has 1 aliphatic rings. The third-order valence-electron chi connectivity index (χ3n) is 4.75. The number of nitrogens with one attached hydrogen (secondary N) is 1. The first kappa shape index (κ1) is 22.4. The molecule has 9 heteroatoms. The molecule has 1 aliphatic carbocycles. The van der Waals surface area contributed by atoms with E-state index in [0.717, 1.165) is 12.8 Å². The predicted molar refractivity (Wildman–Crippen MR) is 116 cm³/mol. The van der Waals surface area contributed by atoms with E-state index < -0.39 is 17.7 Å². The number of alkyl carbamates (subject to hydrolysis) is 1. The molecule has 1 amide bonds. The summed E-state index contributed by atoms with van der Waals surface area (Å²) in [7, 11) is 0. The molecule has 1 N–H and O–H groups in total. The number of aromatic nitrogens is 2. The van der Waals surface area contributed by atoms with Crippen molar-refractivity contribution < 1.29 is 9.53 Å². The van der Waals surface area contributed by atoms with Crippen molar-refractivity contribution in [2.45, 2.75) is 64.6 Å². The normalized spacial score (nSPS) is 14.9. The van der Waals surface area contributed by atoms with Gasteiger partial charge in [0.15, 0.2) is 0 Å². The van der Waals surface area contributed by atoms with Gasteiger partial charge in [-0.1, -0.05) is 23.2 Å². The number of benzene rings is 1. The van der Waals surface area contributed by atoms with Crippen molar-refractivity contribution in [2.75, 3.05) is 0 Å². The highest BCUT2D eigenvalue weighted by molar-refractivity contribution is 6.39. The molecule has 0 bridgehead atoms. The standard InChI is InChI=1S/C21H24Cl2N4O3/c1-21(2,3)30-20(29)26-16(12-6-7-12)18-25-17-14(23)9-8-13(22)15(17)19(28)27(18)11-5-4-10-24/h8-9,12,16H,4-7,11H2,1-3H3,(H,26,29). The monoisotopic (exact) mass is 450 g/mol. The summed E-state index contributed by atoms with van der Waals surface area (Å²) in [5.74, 6) is 0.546. The second-order valence-electron chi connectivity index (χ2n) is 8.40. The Morgan fingerprint density at radius 2 is 2.03 bits per heavy atom. The van der Waals surface area contributed by atoms with Crippen molar-refractivity contribution in [1.82, 2.24) is 14.9 Å². The van der Waals surface area contributed by atoms with Gasteiger partial charge in [0, 0.05) is 13.0 Å². The Bertz CT molecular complexity index is 1070. The summed E-state index contributed by atoms with van der Waals surface area (Å²) >= 11 is 12.6. The second kappa shape index (κ2) is 8.83. The molecule has 0 spiro atoms. The Morgan fingerprint density at radius 1 is 1.37 bits per heavy atom. The molecule has 0 saturated heterocycles. The molecule has 30 heavy (non-hydrogen) atoms. The quantitative estimate of drug-likeness (QED) is 0.625. The first-order chi connectivity index (χ1) is 14.1. The van der Waals surface area contributed by atoms with E-state index in [4.69, 9.17) is 33.2 Å². The van der Waals surface area contributed by atoms with Crippen LogP contribution in [0.5, 0.6) is 0 Å². The molecule has 0 radical (unpaired) electrons. The smallest absolute Gasteiger partial charge is 0.408 e. The number of fused-ring (bicyclic) bond motifs is 1. The van der Waals surface area contributed by atoms with Gasteiger partial charge >= 0.3 is 6.09 Å². The molecule has 0 aliphatic heterocycles. The first-order valence-corrected chi connectivity index (χ1v) is 10.6. The van der Waals surface area contributed by atoms with Gasteiger partial charge < -0.3 is 10.1 Å². The third-order valence-corrected chi connectivity index (χ3v) is 5.37. The van der Waals surface area contributed by atoms with Gasteiger partial charge in [0.2, 0.25) is 0 Å². The minimum absolute atomic E-state index is 0.141. The molecule has 1 aromatic carbocycles.